The average Bonchev–Trinajstić information content (AvgIpc) is 0.781. The van der Waals surface area contributed by atoms with E-state index in [1.807, 2.05) is 0 Å². The van der Waals surface area contributed by atoms with Crippen molar-refractivity contribution in [3.63, 3.8) is 0 Å². The van der Waals surface area contributed by atoms with Crippen molar-refractivity contribution in [2.45, 2.75) is 516 Å². The third-order valence-corrected chi connectivity index (χ3v) is 22.9. The highest BCUT2D eigenvalue weighted by atomic mass is 16.8. The predicted molar refractivity (Wildman–Crippen MR) is 421 cm³/mol. The van der Waals surface area contributed by atoms with Crippen LogP contribution in [0.25, 0.3) is 0 Å². The van der Waals surface area contributed by atoms with Gasteiger partial charge in [-0.2, -0.15) is 0 Å². The zero-order valence-corrected chi connectivity index (χ0v) is 67.3. The van der Waals surface area contributed by atoms with Crippen LogP contribution in [0.3, 0.4) is 0 Å². The van der Waals surface area contributed by atoms with Crippen molar-refractivity contribution < 1.29 is 89.4 Å². The first-order chi connectivity index (χ1) is 51.3. The summed E-state index contributed by atoms with van der Waals surface area (Å²) in [5.41, 5.74) is 0. The summed E-state index contributed by atoms with van der Waals surface area (Å²) in [5.74, 6) is -0.232. The number of ether oxygens (including phenoxy) is 6. The summed E-state index contributed by atoms with van der Waals surface area (Å²) in [6, 6.07) is -0.883. The molecule has 0 radical (unpaired) electrons. The van der Waals surface area contributed by atoms with Crippen LogP contribution >= 0.6 is 0 Å². The second-order valence-corrected chi connectivity index (χ2v) is 32.4. The summed E-state index contributed by atoms with van der Waals surface area (Å²) in [4.78, 5) is 13.5. The minimum Gasteiger partial charge on any atom is -0.394 e. The normalized spacial score (nSPS) is 25.7. The molecule has 0 aliphatic carbocycles. The molecule has 0 spiro atoms. The molecule has 105 heavy (non-hydrogen) atoms. The maximum absolute atomic E-state index is 13.5. The molecule has 0 bridgehead atoms. The smallest absolute Gasteiger partial charge is 0.220 e. The molecule has 19 nitrogen and oxygen atoms in total. The Labute approximate surface area is 640 Å². The molecule has 3 heterocycles. The molecule has 3 saturated heterocycles. The quantitative estimate of drug-likeness (QED) is 0.0252. The molecule has 624 valence electrons. The van der Waals surface area contributed by atoms with Crippen molar-refractivity contribution in [1.29, 1.82) is 0 Å². The van der Waals surface area contributed by atoms with Crippen molar-refractivity contribution in [2.75, 3.05) is 26.4 Å². The van der Waals surface area contributed by atoms with Gasteiger partial charge in [-0.15, -0.1) is 0 Å². The highest BCUT2D eigenvalue weighted by molar-refractivity contribution is 5.76. The molecule has 3 fully saturated rings. The van der Waals surface area contributed by atoms with E-state index in [9.17, 15) is 61.0 Å². The van der Waals surface area contributed by atoms with Gasteiger partial charge in [-0.25, -0.2) is 0 Å². The third kappa shape index (κ3) is 46.5. The van der Waals surface area contributed by atoms with Gasteiger partial charge in [0.05, 0.1) is 38.6 Å². The number of nitrogens with one attached hydrogen (secondary N) is 1. The van der Waals surface area contributed by atoms with Gasteiger partial charge in [0.15, 0.2) is 18.9 Å². The van der Waals surface area contributed by atoms with E-state index in [0.717, 1.165) is 44.9 Å². The van der Waals surface area contributed by atoms with Crippen molar-refractivity contribution in [1.82, 2.24) is 5.32 Å². The van der Waals surface area contributed by atoms with Crippen LogP contribution in [0.2, 0.25) is 0 Å². The Balaban J connectivity index is 1.26. The Morgan fingerprint density at radius 1 is 0.305 bits per heavy atom. The molecule has 17 atom stereocenters. The number of hydrogen-bond acceptors (Lipinski definition) is 18. The molecule has 3 aliphatic heterocycles. The summed E-state index contributed by atoms with van der Waals surface area (Å²) in [6.45, 7) is 1.88. The fraction of sp³-hybridized carbons (Fsp3) is 0.988. The molecule has 1 amide bonds. The van der Waals surface area contributed by atoms with Gasteiger partial charge in [-0.1, -0.05) is 393 Å². The minimum atomic E-state index is -1.97. The zero-order valence-electron chi connectivity index (χ0n) is 67.3. The van der Waals surface area contributed by atoms with Gasteiger partial charge in [-0.05, 0) is 12.8 Å². The Bertz CT molecular complexity index is 1890. The van der Waals surface area contributed by atoms with Gasteiger partial charge in [0.2, 0.25) is 5.91 Å². The van der Waals surface area contributed by atoms with Crippen LogP contribution in [0, 0.1) is 0 Å². The van der Waals surface area contributed by atoms with E-state index in [2.05, 4.69) is 19.2 Å². The largest absolute Gasteiger partial charge is 0.394 e. The van der Waals surface area contributed by atoms with Crippen LogP contribution in [-0.4, -0.2) is 193 Å². The lowest BCUT2D eigenvalue weighted by atomic mass is 9.96. The lowest BCUT2D eigenvalue weighted by molar-refractivity contribution is -0.379. The van der Waals surface area contributed by atoms with E-state index in [-0.39, 0.29) is 18.9 Å². The van der Waals surface area contributed by atoms with Gasteiger partial charge in [0.25, 0.3) is 0 Å². The van der Waals surface area contributed by atoms with E-state index in [1.54, 1.807) is 0 Å². The van der Waals surface area contributed by atoms with Crippen LogP contribution in [-0.2, 0) is 33.2 Å². The summed E-state index contributed by atoms with van der Waals surface area (Å²) in [5, 5.41) is 121. The third-order valence-electron chi connectivity index (χ3n) is 22.9. The van der Waals surface area contributed by atoms with E-state index in [4.69, 9.17) is 28.4 Å². The summed E-state index contributed by atoms with van der Waals surface area (Å²) in [7, 11) is 0. The zero-order chi connectivity index (χ0) is 76.0. The Morgan fingerprint density at radius 2 is 0.543 bits per heavy atom. The van der Waals surface area contributed by atoms with Gasteiger partial charge in [0.1, 0.15) is 73.2 Å². The molecule has 0 aromatic rings. The molecule has 3 aliphatic rings. The first-order valence-electron chi connectivity index (χ1n) is 44.8. The molecule has 0 aromatic heterocycles. The Morgan fingerprint density at radius 3 is 0.829 bits per heavy atom. The maximum atomic E-state index is 13.5. The number of unbranched alkanes of at least 4 members (excludes halogenated alkanes) is 58. The SMILES string of the molecule is CCCCCCCCCCCCCCCCCCCCCCCCCCCCCCCCCCCCCCCCCCCC(=O)NC(COC1OC(CO)C(OC2OC(CO)C(OC3OC(CO)C(O)C(O)C3O)C(O)C2O)C(O)C1O)C(O)CCCCCCCCCCCCCCCCCCCCC. The van der Waals surface area contributed by atoms with Crippen LogP contribution in [0.4, 0.5) is 0 Å². The minimum absolute atomic E-state index is 0.232. The van der Waals surface area contributed by atoms with Crippen molar-refractivity contribution in [3.05, 3.63) is 0 Å². The number of hydrogen-bond donors (Lipinski definition) is 12. The van der Waals surface area contributed by atoms with Gasteiger partial charge >= 0.3 is 0 Å². The van der Waals surface area contributed by atoms with Crippen molar-refractivity contribution >= 4 is 5.91 Å². The number of carbonyl (C=O) groups excluding carboxylic acids is 1. The first-order valence-corrected chi connectivity index (χ1v) is 44.8. The molecule has 0 saturated carbocycles. The molecular formula is C86H167NO18. The van der Waals surface area contributed by atoms with E-state index >= 15 is 0 Å². The van der Waals surface area contributed by atoms with Crippen molar-refractivity contribution in [3.8, 4) is 0 Å². The fourth-order valence-electron chi connectivity index (χ4n) is 15.8. The number of carbonyl (C=O) groups is 1. The van der Waals surface area contributed by atoms with Crippen LogP contribution in [0.1, 0.15) is 412 Å². The average molecular weight is 1500 g/mol. The molecule has 0 aromatic carbocycles. The van der Waals surface area contributed by atoms with Gasteiger partial charge < -0.3 is 89.9 Å². The maximum Gasteiger partial charge on any atom is 0.220 e. The standard InChI is InChI=1S/C86H167NO18/c1-3-5-7-9-11-13-15-17-19-21-23-24-25-26-27-28-29-30-31-32-33-34-35-36-37-38-39-40-41-42-43-44-46-48-50-52-54-56-58-60-62-64-74(92)87-69(70(91)63-61-59-57-55-53-51-49-47-45-22-20-18-16-14-12-10-8-6-4-2)68-100-84-80(98)77(95)82(72(66-89)102-84)105-86-81(99)78(96)83(73(67-90)103-86)104-85-79(97)76(94)75(93)71(65-88)101-85/h69-73,75-86,88-91,93-99H,3-68H2,1-2H3,(H,87,92). The van der Waals surface area contributed by atoms with E-state index < -0.39 is 124 Å². The van der Waals surface area contributed by atoms with Crippen molar-refractivity contribution in [2.24, 2.45) is 0 Å². The predicted octanol–water partition coefficient (Wildman–Crippen LogP) is 16.5. The summed E-state index contributed by atoms with van der Waals surface area (Å²) >= 11 is 0. The van der Waals surface area contributed by atoms with Crippen LogP contribution < -0.4 is 5.32 Å². The summed E-state index contributed by atoms with van der Waals surface area (Å²) < 4.78 is 34.6. The van der Waals surface area contributed by atoms with Gasteiger partial charge in [-0.3, -0.25) is 4.79 Å². The van der Waals surface area contributed by atoms with Crippen LogP contribution in [0.15, 0.2) is 0 Å². The highest BCUT2D eigenvalue weighted by Gasteiger charge is 2.54. The van der Waals surface area contributed by atoms with Crippen LogP contribution in [0.5, 0.6) is 0 Å². The first kappa shape index (κ1) is 98.0. The lowest BCUT2D eigenvalue weighted by Gasteiger charge is -2.48. The highest BCUT2D eigenvalue weighted by Crippen LogP contribution is 2.34. The second kappa shape index (κ2) is 67.3. The molecular weight excluding hydrogens is 1330 g/mol. The Kier molecular flexibility index (Phi) is 62.8. The Hall–Kier alpha value is -1.21. The van der Waals surface area contributed by atoms with E-state index in [0.29, 0.717) is 12.8 Å². The molecule has 12 N–H and O–H groups in total. The topological polar surface area (TPSA) is 307 Å². The lowest BCUT2D eigenvalue weighted by Crippen LogP contribution is -2.66. The second-order valence-electron chi connectivity index (χ2n) is 32.4. The van der Waals surface area contributed by atoms with E-state index in [1.165, 1.54) is 334 Å². The monoisotopic (exact) mass is 1500 g/mol. The fourth-order valence-corrected chi connectivity index (χ4v) is 15.8. The molecule has 17 unspecified atom stereocenters. The number of aliphatic hydroxyl groups is 11. The number of aliphatic hydroxyl groups excluding tert-OH is 11. The summed E-state index contributed by atoms with van der Waals surface area (Å²) in [6.07, 6.45) is 53.8. The number of rotatable bonds is 74. The van der Waals surface area contributed by atoms with Gasteiger partial charge in [0, 0.05) is 6.42 Å². The molecule has 19 heteroatoms. The number of amides is 1. The molecule has 3 rings (SSSR count).